The fourth-order valence-corrected chi connectivity index (χ4v) is 2.09. The van der Waals surface area contributed by atoms with Crippen molar-refractivity contribution < 1.29 is 9.53 Å². The van der Waals surface area contributed by atoms with Crippen molar-refractivity contribution in [1.29, 1.82) is 5.26 Å². The van der Waals surface area contributed by atoms with Gasteiger partial charge in [0.15, 0.2) is 6.10 Å². The number of nitriles is 1. The third-order valence-corrected chi connectivity index (χ3v) is 3.86. The molecule has 0 heterocycles. The van der Waals surface area contributed by atoms with Crippen LogP contribution in [0.4, 0.5) is 0 Å². The number of ether oxygens (including phenoxy) is 1. The molecule has 0 bridgehead atoms. The van der Waals surface area contributed by atoms with Gasteiger partial charge in [0.05, 0.1) is 12.5 Å². The molecular formula is C15H20N2O2S. The third kappa shape index (κ3) is 4.46. The van der Waals surface area contributed by atoms with Gasteiger partial charge < -0.3 is 9.64 Å². The smallest absolute Gasteiger partial charge is 0.263 e. The average molecular weight is 292 g/mol. The molecule has 1 aromatic rings. The van der Waals surface area contributed by atoms with Gasteiger partial charge in [0.2, 0.25) is 0 Å². The van der Waals surface area contributed by atoms with Gasteiger partial charge in [-0.3, -0.25) is 4.79 Å². The van der Waals surface area contributed by atoms with E-state index in [2.05, 4.69) is 6.07 Å². The Kier molecular flexibility index (Phi) is 6.40. The molecule has 0 fully saturated rings. The Morgan fingerprint density at radius 2 is 2.00 bits per heavy atom. The van der Waals surface area contributed by atoms with Crippen molar-refractivity contribution in [2.24, 2.45) is 0 Å². The van der Waals surface area contributed by atoms with E-state index in [0.29, 0.717) is 12.2 Å². The number of carbonyl (C=O) groups excluding carboxylic acids is 1. The van der Waals surface area contributed by atoms with Crippen molar-refractivity contribution >= 4 is 17.7 Å². The van der Waals surface area contributed by atoms with Crippen molar-refractivity contribution in [3.05, 3.63) is 24.3 Å². The van der Waals surface area contributed by atoms with Gasteiger partial charge in [-0.05, 0) is 44.4 Å². The lowest BCUT2D eigenvalue weighted by atomic mass is 10.2. The van der Waals surface area contributed by atoms with Crippen LogP contribution >= 0.6 is 11.8 Å². The Morgan fingerprint density at radius 1 is 1.40 bits per heavy atom. The van der Waals surface area contributed by atoms with Crippen LogP contribution < -0.4 is 4.74 Å². The Hall–Kier alpha value is -1.67. The number of amides is 1. The molecule has 1 amide bonds. The number of thioether (sulfide) groups is 1. The first-order valence-corrected chi connectivity index (χ1v) is 7.66. The summed E-state index contributed by atoms with van der Waals surface area (Å²) in [6.45, 7) is 3.57. The van der Waals surface area contributed by atoms with Gasteiger partial charge >= 0.3 is 0 Å². The van der Waals surface area contributed by atoms with Crippen molar-refractivity contribution in [3.63, 3.8) is 0 Å². The van der Waals surface area contributed by atoms with Gasteiger partial charge in [-0.1, -0.05) is 0 Å². The highest BCUT2D eigenvalue weighted by Crippen LogP contribution is 2.20. The number of benzene rings is 1. The molecule has 2 atom stereocenters. The molecule has 5 heteroatoms. The highest BCUT2D eigenvalue weighted by Gasteiger charge is 2.22. The van der Waals surface area contributed by atoms with Gasteiger partial charge in [-0.15, -0.1) is 11.8 Å². The average Bonchev–Trinajstić information content (AvgIpc) is 2.46. The second kappa shape index (κ2) is 7.81. The molecule has 0 saturated heterocycles. The molecule has 108 valence electrons. The Balaban J connectivity index is 2.62. The van der Waals surface area contributed by atoms with Crippen LogP contribution in [-0.4, -0.2) is 36.3 Å². The maximum atomic E-state index is 12.2. The highest BCUT2D eigenvalue weighted by atomic mass is 32.2. The molecule has 0 N–H and O–H groups in total. The SMILES string of the molecule is CSc1ccc(O[C@H](C)C(=O)N(C)[C@@H](C)CC#N)cc1. The molecule has 1 rings (SSSR count). The number of likely N-dealkylation sites (N-methyl/N-ethyl adjacent to an activating group) is 1. The number of carbonyl (C=O) groups is 1. The van der Waals surface area contributed by atoms with E-state index in [1.165, 1.54) is 0 Å². The van der Waals surface area contributed by atoms with Crippen LogP contribution in [-0.2, 0) is 4.79 Å². The van der Waals surface area contributed by atoms with Crippen molar-refractivity contribution in [2.45, 2.75) is 37.3 Å². The van der Waals surface area contributed by atoms with Gasteiger partial charge in [0.25, 0.3) is 5.91 Å². The summed E-state index contributed by atoms with van der Waals surface area (Å²) in [5.74, 6) is 0.548. The van der Waals surface area contributed by atoms with E-state index in [-0.39, 0.29) is 11.9 Å². The minimum atomic E-state index is -0.568. The van der Waals surface area contributed by atoms with Gasteiger partial charge in [0.1, 0.15) is 5.75 Å². The van der Waals surface area contributed by atoms with Crippen molar-refractivity contribution in [2.75, 3.05) is 13.3 Å². The topological polar surface area (TPSA) is 53.3 Å². The van der Waals surface area contributed by atoms with E-state index in [1.54, 1.807) is 30.6 Å². The van der Waals surface area contributed by atoms with Crippen LogP contribution in [0.15, 0.2) is 29.2 Å². The molecule has 0 radical (unpaired) electrons. The lowest BCUT2D eigenvalue weighted by molar-refractivity contribution is -0.138. The monoisotopic (exact) mass is 292 g/mol. The zero-order valence-corrected chi connectivity index (χ0v) is 13.1. The molecule has 0 aromatic heterocycles. The maximum absolute atomic E-state index is 12.2. The molecule has 0 aliphatic rings. The van der Waals surface area contributed by atoms with Crippen LogP contribution in [0.5, 0.6) is 5.75 Å². The molecule has 0 aliphatic carbocycles. The van der Waals surface area contributed by atoms with Crippen molar-refractivity contribution in [3.8, 4) is 11.8 Å². The Bertz CT molecular complexity index is 482. The van der Waals surface area contributed by atoms with Gasteiger partial charge in [-0.25, -0.2) is 0 Å². The minimum Gasteiger partial charge on any atom is -0.481 e. The first kappa shape index (κ1) is 16.4. The second-order valence-corrected chi connectivity index (χ2v) is 5.48. The Morgan fingerprint density at radius 3 is 2.50 bits per heavy atom. The molecule has 0 saturated carbocycles. The summed E-state index contributed by atoms with van der Waals surface area (Å²) < 4.78 is 5.64. The highest BCUT2D eigenvalue weighted by molar-refractivity contribution is 7.98. The summed E-state index contributed by atoms with van der Waals surface area (Å²) in [5.41, 5.74) is 0. The summed E-state index contributed by atoms with van der Waals surface area (Å²) in [5, 5.41) is 8.67. The fourth-order valence-electron chi connectivity index (χ4n) is 1.68. The van der Waals surface area contributed by atoms with E-state index in [9.17, 15) is 4.79 Å². The van der Waals surface area contributed by atoms with Crippen LogP contribution in [0, 0.1) is 11.3 Å². The fraction of sp³-hybridized carbons (Fsp3) is 0.467. The molecular weight excluding hydrogens is 272 g/mol. The molecule has 0 aliphatic heterocycles. The zero-order chi connectivity index (χ0) is 15.1. The predicted octanol–water partition coefficient (Wildman–Crippen LogP) is 2.94. The van der Waals surface area contributed by atoms with Gasteiger partial charge in [-0.2, -0.15) is 5.26 Å². The number of rotatable bonds is 6. The largest absolute Gasteiger partial charge is 0.481 e. The van der Waals surface area contributed by atoms with Gasteiger partial charge in [0, 0.05) is 18.0 Å². The normalized spacial score (nSPS) is 13.2. The first-order valence-electron chi connectivity index (χ1n) is 6.44. The van der Waals surface area contributed by atoms with Crippen LogP contribution in [0.2, 0.25) is 0 Å². The summed E-state index contributed by atoms with van der Waals surface area (Å²) in [4.78, 5) is 14.9. The number of nitrogens with zero attached hydrogens (tertiary/aromatic N) is 2. The zero-order valence-electron chi connectivity index (χ0n) is 12.3. The van der Waals surface area contributed by atoms with Crippen molar-refractivity contribution in [1.82, 2.24) is 4.90 Å². The summed E-state index contributed by atoms with van der Waals surface area (Å²) >= 11 is 1.66. The molecule has 1 aromatic carbocycles. The molecule has 0 spiro atoms. The van der Waals surface area contributed by atoms with Crippen LogP contribution in [0.1, 0.15) is 20.3 Å². The summed E-state index contributed by atoms with van der Waals surface area (Å²) in [6, 6.07) is 9.58. The number of hydrogen-bond acceptors (Lipinski definition) is 4. The summed E-state index contributed by atoms with van der Waals surface area (Å²) in [6.07, 6.45) is 1.76. The van der Waals surface area contributed by atoms with E-state index >= 15 is 0 Å². The maximum Gasteiger partial charge on any atom is 0.263 e. The standard InChI is InChI=1S/C15H20N2O2S/c1-11(9-10-16)17(3)15(18)12(2)19-13-5-7-14(20-4)8-6-13/h5-8,11-12H,9H2,1-4H3/t11-,12+/m0/s1. The first-order chi connectivity index (χ1) is 9.49. The Labute approximate surface area is 124 Å². The van der Waals surface area contributed by atoms with E-state index in [1.807, 2.05) is 37.4 Å². The van der Waals surface area contributed by atoms with Crippen LogP contribution in [0.3, 0.4) is 0 Å². The quantitative estimate of drug-likeness (QED) is 0.756. The minimum absolute atomic E-state index is 0.114. The summed E-state index contributed by atoms with van der Waals surface area (Å²) in [7, 11) is 1.70. The molecule has 20 heavy (non-hydrogen) atoms. The molecule has 0 unspecified atom stereocenters. The third-order valence-electron chi connectivity index (χ3n) is 3.12. The lowest BCUT2D eigenvalue weighted by Crippen LogP contribution is -2.42. The van der Waals surface area contributed by atoms with E-state index in [0.717, 1.165) is 4.90 Å². The van der Waals surface area contributed by atoms with E-state index in [4.69, 9.17) is 10.00 Å². The second-order valence-electron chi connectivity index (χ2n) is 4.60. The van der Waals surface area contributed by atoms with Crippen LogP contribution in [0.25, 0.3) is 0 Å². The number of hydrogen-bond donors (Lipinski definition) is 0. The van der Waals surface area contributed by atoms with E-state index < -0.39 is 6.10 Å². The predicted molar refractivity (Wildman–Crippen MR) is 80.8 cm³/mol. The molecule has 4 nitrogen and oxygen atoms in total. The lowest BCUT2D eigenvalue weighted by Gasteiger charge is -2.26.